The fourth-order valence-electron chi connectivity index (χ4n) is 2.84. The highest BCUT2D eigenvalue weighted by atomic mass is 32.1. The van der Waals surface area contributed by atoms with Crippen LogP contribution < -0.4 is 5.32 Å². The Kier molecular flexibility index (Phi) is 4.87. The first-order valence-electron chi connectivity index (χ1n) is 8.60. The van der Waals surface area contributed by atoms with Gasteiger partial charge in [-0.3, -0.25) is 4.79 Å². The highest BCUT2D eigenvalue weighted by Gasteiger charge is 2.14. The van der Waals surface area contributed by atoms with Gasteiger partial charge in [0.2, 0.25) is 0 Å². The molecule has 4 aromatic rings. The zero-order valence-corrected chi connectivity index (χ0v) is 15.8. The van der Waals surface area contributed by atoms with Gasteiger partial charge in [-0.1, -0.05) is 24.3 Å². The van der Waals surface area contributed by atoms with Crippen molar-refractivity contribution >= 4 is 39.1 Å². The van der Waals surface area contributed by atoms with Crippen LogP contribution in [-0.4, -0.2) is 24.0 Å². The Labute approximate surface area is 165 Å². The Morgan fingerprint density at radius 3 is 2.32 bits per heavy atom. The number of methoxy groups -OCH3 is 1. The number of hydrogen-bond acceptors (Lipinski definition) is 5. The van der Waals surface area contributed by atoms with Gasteiger partial charge in [-0.05, 0) is 48.5 Å². The van der Waals surface area contributed by atoms with Crippen molar-refractivity contribution < 1.29 is 14.3 Å². The maximum absolute atomic E-state index is 12.7. The molecule has 1 amide bonds. The van der Waals surface area contributed by atoms with E-state index < -0.39 is 5.97 Å². The molecule has 0 fully saturated rings. The van der Waals surface area contributed by atoms with Gasteiger partial charge in [-0.25, -0.2) is 9.78 Å². The first-order chi connectivity index (χ1) is 13.7. The molecule has 0 saturated heterocycles. The number of fused-ring (bicyclic) bond motifs is 1. The number of hydrogen-bond donors (Lipinski definition) is 1. The van der Waals surface area contributed by atoms with Crippen molar-refractivity contribution in [3.8, 4) is 10.6 Å². The van der Waals surface area contributed by atoms with Gasteiger partial charge < -0.3 is 10.1 Å². The number of nitrogens with one attached hydrogen (secondary N) is 1. The van der Waals surface area contributed by atoms with E-state index in [1.54, 1.807) is 35.6 Å². The number of rotatable bonds is 4. The van der Waals surface area contributed by atoms with Crippen LogP contribution in [0.15, 0.2) is 72.8 Å². The monoisotopic (exact) mass is 388 g/mol. The Balaban J connectivity index is 1.62. The van der Waals surface area contributed by atoms with Crippen molar-refractivity contribution in [2.75, 3.05) is 12.4 Å². The number of carbonyl (C=O) groups is 2. The van der Waals surface area contributed by atoms with Gasteiger partial charge >= 0.3 is 5.97 Å². The summed E-state index contributed by atoms with van der Waals surface area (Å²) in [5, 5.41) is 3.79. The Morgan fingerprint density at radius 2 is 1.57 bits per heavy atom. The zero-order valence-electron chi connectivity index (χ0n) is 15.0. The molecule has 0 unspecified atom stereocenters. The molecule has 0 aliphatic heterocycles. The molecule has 0 atom stereocenters. The minimum absolute atomic E-state index is 0.259. The fraction of sp³-hybridized carbons (Fsp3) is 0.0455. The Hall–Kier alpha value is -3.51. The van der Waals surface area contributed by atoms with Gasteiger partial charge in [0.05, 0.1) is 28.6 Å². The molecule has 6 heteroatoms. The van der Waals surface area contributed by atoms with Gasteiger partial charge in [0.1, 0.15) is 5.01 Å². The molecule has 1 heterocycles. The molecule has 0 saturated carbocycles. The molecule has 0 aliphatic rings. The maximum Gasteiger partial charge on any atom is 0.337 e. The van der Waals surface area contributed by atoms with Crippen LogP contribution in [-0.2, 0) is 4.74 Å². The Morgan fingerprint density at radius 1 is 0.893 bits per heavy atom. The second-order valence-electron chi connectivity index (χ2n) is 6.06. The molecule has 28 heavy (non-hydrogen) atoms. The second-order valence-corrected chi connectivity index (χ2v) is 7.09. The number of nitrogens with zero attached hydrogens (tertiary/aromatic N) is 1. The number of ether oxygens (including phenoxy) is 1. The number of anilines is 1. The summed E-state index contributed by atoms with van der Waals surface area (Å²) in [6, 6.07) is 21.8. The van der Waals surface area contributed by atoms with Crippen molar-refractivity contribution in [3.05, 3.63) is 83.9 Å². The molecule has 5 nitrogen and oxygen atoms in total. The van der Waals surface area contributed by atoms with E-state index >= 15 is 0 Å². The molecular weight excluding hydrogens is 372 g/mol. The minimum atomic E-state index is -0.437. The summed E-state index contributed by atoms with van der Waals surface area (Å²) in [7, 11) is 1.32. The summed E-state index contributed by atoms with van der Waals surface area (Å²) < 4.78 is 5.77. The lowest BCUT2D eigenvalue weighted by Gasteiger charge is -2.09. The second kappa shape index (κ2) is 7.62. The number of aromatic nitrogens is 1. The summed E-state index contributed by atoms with van der Waals surface area (Å²) in [5.74, 6) is -0.696. The van der Waals surface area contributed by atoms with Crippen LogP contribution >= 0.6 is 11.3 Å². The minimum Gasteiger partial charge on any atom is -0.465 e. The van der Waals surface area contributed by atoms with E-state index in [9.17, 15) is 9.59 Å². The number of amides is 1. The van der Waals surface area contributed by atoms with Crippen LogP contribution in [0.1, 0.15) is 20.7 Å². The van der Waals surface area contributed by atoms with Crippen molar-refractivity contribution in [1.82, 2.24) is 4.98 Å². The van der Waals surface area contributed by atoms with Crippen molar-refractivity contribution in [2.45, 2.75) is 0 Å². The number of thiazole rings is 1. The maximum atomic E-state index is 12.7. The highest BCUT2D eigenvalue weighted by molar-refractivity contribution is 7.21. The quantitative estimate of drug-likeness (QED) is 0.500. The van der Waals surface area contributed by atoms with Gasteiger partial charge in [0.25, 0.3) is 5.91 Å². The molecule has 0 radical (unpaired) electrons. The molecule has 3 aromatic carbocycles. The van der Waals surface area contributed by atoms with Crippen molar-refractivity contribution in [3.63, 3.8) is 0 Å². The molecule has 4 rings (SSSR count). The number of benzene rings is 3. The zero-order chi connectivity index (χ0) is 19.5. The third kappa shape index (κ3) is 3.50. The topological polar surface area (TPSA) is 68.3 Å². The molecule has 0 aliphatic carbocycles. The Bertz CT molecular complexity index is 1130. The predicted octanol–water partition coefficient (Wildman–Crippen LogP) is 5.00. The number of esters is 1. The van der Waals surface area contributed by atoms with Gasteiger partial charge in [0.15, 0.2) is 0 Å². The molecule has 138 valence electrons. The largest absolute Gasteiger partial charge is 0.465 e. The molecule has 0 spiro atoms. The average Bonchev–Trinajstić information content (AvgIpc) is 3.17. The lowest BCUT2D eigenvalue weighted by atomic mass is 10.1. The third-order valence-corrected chi connectivity index (χ3v) is 5.34. The van der Waals surface area contributed by atoms with Gasteiger partial charge in [-0.15, -0.1) is 11.3 Å². The fourth-order valence-corrected chi connectivity index (χ4v) is 3.84. The summed E-state index contributed by atoms with van der Waals surface area (Å²) >= 11 is 1.58. The van der Waals surface area contributed by atoms with E-state index in [-0.39, 0.29) is 5.91 Å². The summed E-state index contributed by atoms with van der Waals surface area (Å²) in [4.78, 5) is 28.9. The van der Waals surface area contributed by atoms with Crippen LogP contribution in [0.5, 0.6) is 0 Å². The van der Waals surface area contributed by atoms with E-state index in [1.807, 2.05) is 48.5 Å². The van der Waals surface area contributed by atoms with Crippen molar-refractivity contribution in [2.24, 2.45) is 0 Å². The van der Waals surface area contributed by atoms with E-state index in [0.29, 0.717) is 16.8 Å². The lowest BCUT2D eigenvalue weighted by Crippen LogP contribution is -2.13. The summed E-state index contributed by atoms with van der Waals surface area (Å²) in [5.41, 5.74) is 3.33. The normalized spacial score (nSPS) is 10.6. The van der Waals surface area contributed by atoms with Crippen LogP contribution in [0, 0.1) is 0 Å². The highest BCUT2D eigenvalue weighted by Crippen LogP contribution is 2.34. The van der Waals surface area contributed by atoms with Crippen LogP contribution in [0.25, 0.3) is 20.8 Å². The first kappa shape index (κ1) is 17.9. The molecule has 1 aromatic heterocycles. The van der Waals surface area contributed by atoms with Gasteiger partial charge in [0, 0.05) is 11.1 Å². The smallest absolute Gasteiger partial charge is 0.337 e. The first-order valence-corrected chi connectivity index (χ1v) is 9.42. The summed E-state index contributed by atoms with van der Waals surface area (Å²) in [6.07, 6.45) is 0. The molecule has 0 bridgehead atoms. The van der Waals surface area contributed by atoms with Crippen LogP contribution in [0.4, 0.5) is 5.69 Å². The lowest BCUT2D eigenvalue weighted by molar-refractivity contribution is 0.0600. The van der Waals surface area contributed by atoms with E-state index in [0.717, 1.165) is 20.8 Å². The number of carbonyl (C=O) groups excluding carboxylic acids is 2. The van der Waals surface area contributed by atoms with Crippen LogP contribution in [0.2, 0.25) is 0 Å². The standard InChI is InChI=1S/C22H16N2O3S/c1-27-22(26)15-12-10-14(11-13-15)20(25)23-17-7-3-2-6-16(17)21-24-18-8-4-5-9-19(18)28-21/h2-13H,1H3,(H,23,25). The average molecular weight is 388 g/mol. The van der Waals surface area contributed by atoms with E-state index in [4.69, 9.17) is 0 Å². The molecular formula is C22H16N2O3S. The molecule has 1 N–H and O–H groups in total. The van der Waals surface area contributed by atoms with Gasteiger partial charge in [-0.2, -0.15) is 0 Å². The predicted molar refractivity (Wildman–Crippen MR) is 111 cm³/mol. The SMILES string of the molecule is COC(=O)c1ccc(C(=O)Nc2ccccc2-c2nc3ccccc3s2)cc1. The third-order valence-electron chi connectivity index (χ3n) is 4.27. The number of para-hydroxylation sites is 2. The summed E-state index contributed by atoms with van der Waals surface area (Å²) in [6.45, 7) is 0. The van der Waals surface area contributed by atoms with Crippen molar-refractivity contribution in [1.29, 1.82) is 0 Å². The van der Waals surface area contributed by atoms with Crippen LogP contribution in [0.3, 0.4) is 0 Å². The van der Waals surface area contributed by atoms with E-state index in [1.165, 1.54) is 7.11 Å². The van der Waals surface area contributed by atoms with E-state index in [2.05, 4.69) is 15.0 Å².